The summed E-state index contributed by atoms with van der Waals surface area (Å²) in [5, 5.41) is 2.17. The zero-order chi connectivity index (χ0) is 12.2. The molecule has 0 N–H and O–H groups in total. The van der Waals surface area contributed by atoms with Crippen LogP contribution in [0.3, 0.4) is 0 Å². The number of likely N-dealkylation sites (tertiary alicyclic amines) is 1. The third kappa shape index (κ3) is 3.26. The summed E-state index contributed by atoms with van der Waals surface area (Å²) in [5.41, 5.74) is 3.18. The molecule has 0 amide bonds. The van der Waals surface area contributed by atoms with Gasteiger partial charge in [-0.25, -0.2) is 4.98 Å². The molecular formula is C13H21N3S2. The highest BCUT2D eigenvalue weighted by Crippen LogP contribution is 2.21. The van der Waals surface area contributed by atoms with Gasteiger partial charge in [-0.15, -0.1) is 11.3 Å². The van der Waals surface area contributed by atoms with E-state index in [9.17, 15) is 0 Å². The molecule has 2 aliphatic heterocycles. The molecule has 0 aliphatic carbocycles. The molecule has 0 unspecified atom stereocenters. The summed E-state index contributed by atoms with van der Waals surface area (Å²) in [6, 6.07) is 0.845. The van der Waals surface area contributed by atoms with Crippen molar-refractivity contribution >= 4 is 23.1 Å². The Hall–Kier alpha value is -0.100. The standard InChI is InChI=1S/C13H21N3S2/c1-3-15(9-12-10-18-11-14-12)4-2-13(1)16-5-7-17-8-6-16/h10-11,13H,1-9H2. The predicted molar refractivity (Wildman–Crippen MR) is 79.3 cm³/mol. The Morgan fingerprint density at radius 2 is 1.94 bits per heavy atom. The molecule has 0 spiro atoms. The Morgan fingerprint density at radius 1 is 1.17 bits per heavy atom. The monoisotopic (exact) mass is 283 g/mol. The lowest BCUT2D eigenvalue weighted by Gasteiger charge is -2.39. The zero-order valence-corrected chi connectivity index (χ0v) is 12.4. The Bertz CT molecular complexity index is 341. The van der Waals surface area contributed by atoms with E-state index in [0.29, 0.717) is 0 Å². The highest BCUT2D eigenvalue weighted by Gasteiger charge is 2.25. The molecule has 0 radical (unpaired) electrons. The molecule has 2 aliphatic rings. The van der Waals surface area contributed by atoms with Gasteiger partial charge in [0.15, 0.2) is 0 Å². The van der Waals surface area contributed by atoms with Crippen molar-refractivity contribution in [1.82, 2.24) is 14.8 Å². The van der Waals surface area contributed by atoms with E-state index in [2.05, 4.69) is 31.9 Å². The number of hydrogen-bond acceptors (Lipinski definition) is 5. The molecule has 0 bridgehead atoms. The maximum absolute atomic E-state index is 4.38. The molecule has 0 aromatic carbocycles. The van der Waals surface area contributed by atoms with Crippen LogP contribution in [-0.2, 0) is 6.54 Å². The van der Waals surface area contributed by atoms with Gasteiger partial charge in [-0.2, -0.15) is 11.8 Å². The number of aromatic nitrogens is 1. The van der Waals surface area contributed by atoms with Crippen LogP contribution in [0.2, 0.25) is 0 Å². The summed E-state index contributed by atoms with van der Waals surface area (Å²) in [7, 11) is 0. The minimum atomic E-state index is 0.845. The van der Waals surface area contributed by atoms with Crippen LogP contribution >= 0.6 is 23.1 Å². The van der Waals surface area contributed by atoms with E-state index in [1.165, 1.54) is 56.2 Å². The second-order valence-electron chi connectivity index (χ2n) is 5.14. The van der Waals surface area contributed by atoms with Crippen LogP contribution in [0, 0.1) is 0 Å². The summed E-state index contributed by atoms with van der Waals surface area (Å²) in [6.07, 6.45) is 2.68. The second-order valence-corrected chi connectivity index (χ2v) is 7.08. The lowest BCUT2D eigenvalue weighted by atomic mass is 10.0. The molecule has 3 nitrogen and oxygen atoms in total. The van der Waals surface area contributed by atoms with Gasteiger partial charge in [-0.05, 0) is 12.8 Å². The largest absolute Gasteiger partial charge is 0.299 e. The van der Waals surface area contributed by atoms with Gasteiger partial charge in [0.2, 0.25) is 0 Å². The quantitative estimate of drug-likeness (QED) is 0.846. The van der Waals surface area contributed by atoms with Crippen LogP contribution in [0.5, 0.6) is 0 Å². The lowest BCUT2D eigenvalue weighted by molar-refractivity contribution is 0.112. The first-order valence-corrected chi connectivity index (χ1v) is 8.93. The summed E-state index contributed by atoms with van der Waals surface area (Å²) >= 11 is 3.81. The zero-order valence-electron chi connectivity index (χ0n) is 10.8. The van der Waals surface area contributed by atoms with Gasteiger partial charge in [0.25, 0.3) is 0 Å². The van der Waals surface area contributed by atoms with Gasteiger partial charge >= 0.3 is 0 Å². The normalized spacial score (nSPS) is 24.4. The van der Waals surface area contributed by atoms with Crippen molar-refractivity contribution in [3.05, 3.63) is 16.6 Å². The smallest absolute Gasteiger partial charge is 0.0795 e. The molecule has 2 saturated heterocycles. The topological polar surface area (TPSA) is 19.4 Å². The molecule has 0 saturated carbocycles. The van der Waals surface area contributed by atoms with Crippen LogP contribution < -0.4 is 0 Å². The summed E-state index contributed by atoms with van der Waals surface area (Å²) in [6.45, 7) is 6.15. The second kappa shape index (κ2) is 6.37. The molecule has 100 valence electrons. The maximum Gasteiger partial charge on any atom is 0.0795 e. The van der Waals surface area contributed by atoms with Crippen molar-refractivity contribution < 1.29 is 0 Å². The Kier molecular flexibility index (Phi) is 4.57. The maximum atomic E-state index is 4.38. The first-order chi connectivity index (χ1) is 8.92. The molecule has 2 fully saturated rings. The van der Waals surface area contributed by atoms with Crippen LogP contribution in [-0.4, -0.2) is 58.5 Å². The highest BCUT2D eigenvalue weighted by molar-refractivity contribution is 7.99. The molecule has 3 heterocycles. The number of hydrogen-bond donors (Lipinski definition) is 0. The number of nitrogens with zero attached hydrogens (tertiary/aromatic N) is 3. The van der Waals surface area contributed by atoms with Crippen molar-refractivity contribution in [2.24, 2.45) is 0 Å². The minimum absolute atomic E-state index is 0.845. The highest BCUT2D eigenvalue weighted by atomic mass is 32.2. The Morgan fingerprint density at radius 3 is 2.61 bits per heavy atom. The average Bonchev–Trinajstić information content (AvgIpc) is 2.94. The number of thiazole rings is 1. The van der Waals surface area contributed by atoms with E-state index in [0.717, 1.165) is 12.6 Å². The van der Waals surface area contributed by atoms with Gasteiger partial charge in [-0.3, -0.25) is 9.80 Å². The van der Waals surface area contributed by atoms with Crippen LogP contribution in [0.1, 0.15) is 18.5 Å². The third-order valence-electron chi connectivity index (χ3n) is 3.99. The number of rotatable bonds is 3. The van der Waals surface area contributed by atoms with Gasteiger partial charge < -0.3 is 0 Å². The molecule has 1 aromatic rings. The van der Waals surface area contributed by atoms with E-state index in [1.807, 2.05) is 5.51 Å². The first-order valence-electron chi connectivity index (χ1n) is 6.83. The van der Waals surface area contributed by atoms with Crippen LogP contribution in [0.25, 0.3) is 0 Å². The van der Waals surface area contributed by atoms with Crippen molar-refractivity contribution in [2.75, 3.05) is 37.7 Å². The van der Waals surface area contributed by atoms with E-state index in [1.54, 1.807) is 11.3 Å². The van der Waals surface area contributed by atoms with Gasteiger partial charge in [-0.1, -0.05) is 0 Å². The molecule has 1 aromatic heterocycles. The van der Waals surface area contributed by atoms with Gasteiger partial charge in [0.05, 0.1) is 11.2 Å². The van der Waals surface area contributed by atoms with Crippen LogP contribution in [0.4, 0.5) is 0 Å². The number of thioether (sulfide) groups is 1. The molecule has 18 heavy (non-hydrogen) atoms. The predicted octanol–water partition coefficient (Wildman–Crippen LogP) is 2.16. The Labute approximate surface area is 118 Å². The third-order valence-corrected chi connectivity index (χ3v) is 5.57. The van der Waals surface area contributed by atoms with E-state index in [-0.39, 0.29) is 0 Å². The van der Waals surface area contributed by atoms with Crippen molar-refractivity contribution in [1.29, 1.82) is 0 Å². The molecule has 0 atom stereocenters. The molecule has 3 rings (SSSR count). The van der Waals surface area contributed by atoms with Crippen molar-refractivity contribution in [2.45, 2.75) is 25.4 Å². The fraction of sp³-hybridized carbons (Fsp3) is 0.769. The van der Waals surface area contributed by atoms with Crippen molar-refractivity contribution in [3.8, 4) is 0 Å². The fourth-order valence-electron chi connectivity index (χ4n) is 2.93. The Balaban J connectivity index is 1.45. The fourth-order valence-corrected chi connectivity index (χ4v) is 4.41. The van der Waals surface area contributed by atoms with E-state index in [4.69, 9.17) is 0 Å². The summed E-state index contributed by atoms with van der Waals surface area (Å²) in [4.78, 5) is 9.66. The summed E-state index contributed by atoms with van der Waals surface area (Å²) < 4.78 is 0. The van der Waals surface area contributed by atoms with Crippen molar-refractivity contribution in [3.63, 3.8) is 0 Å². The lowest BCUT2D eigenvalue weighted by Crippen LogP contribution is -2.47. The number of piperidine rings is 1. The van der Waals surface area contributed by atoms with Gasteiger partial charge in [0.1, 0.15) is 0 Å². The van der Waals surface area contributed by atoms with Crippen LogP contribution in [0.15, 0.2) is 10.9 Å². The first kappa shape index (κ1) is 12.9. The van der Waals surface area contributed by atoms with E-state index >= 15 is 0 Å². The minimum Gasteiger partial charge on any atom is -0.299 e. The SMILES string of the molecule is c1nc(CN2CCC(N3CCSCC3)CC2)cs1. The van der Waals surface area contributed by atoms with Gasteiger partial charge in [0, 0.05) is 55.7 Å². The molecule has 5 heteroatoms. The average molecular weight is 283 g/mol. The molecular weight excluding hydrogens is 262 g/mol. The summed E-state index contributed by atoms with van der Waals surface area (Å²) in [5.74, 6) is 2.66. The van der Waals surface area contributed by atoms with E-state index < -0.39 is 0 Å².